The van der Waals surface area contributed by atoms with Crippen molar-refractivity contribution < 1.29 is 23.8 Å². The average molecular weight is 861 g/mol. The fraction of sp³-hybridized carbons (Fsp3) is 0.684. The van der Waals surface area contributed by atoms with E-state index < -0.39 is 6.10 Å². The van der Waals surface area contributed by atoms with Gasteiger partial charge in [0.05, 0.1) is 6.61 Å². The standard InChI is InChI=1S/C57H96O5/c1-4-7-10-13-16-19-21-23-25-27-29-30-32-34-36-39-41-44-47-50-56(58)61-54-55(62-57(59)51-48-45-42-38-18-15-12-9-6-3)53-60-52-49-46-43-40-37-35-33-31-28-26-24-22-20-17-14-11-8-5-2/h7-8,10-11,16-17,19-20,23-26,29-31,33,55H,4-6,9,12-15,18,21-22,27-28,32,34-54H2,1-3H3/b10-7-,11-8-,19-16-,20-17-,25-23-,26-24-,30-29-,33-31-. The molecule has 5 heteroatoms. The summed E-state index contributed by atoms with van der Waals surface area (Å²) in [4.78, 5) is 25.3. The maximum atomic E-state index is 12.7. The topological polar surface area (TPSA) is 61.8 Å². The predicted molar refractivity (Wildman–Crippen MR) is 270 cm³/mol. The second kappa shape index (κ2) is 52.2. The Morgan fingerprint density at radius 2 is 0.726 bits per heavy atom. The number of allylic oxidation sites excluding steroid dienone is 16. The van der Waals surface area contributed by atoms with E-state index in [1.807, 2.05) is 0 Å². The Kier molecular flexibility index (Phi) is 49.5. The van der Waals surface area contributed by atoms with Gasteiger partial charge in [-0.2, -0.15) is 0 Å². The fourth-order valence-corrected chi connectivity index (χ4v) is 6.84. The summed E-state index contributed by atoms with van der Waals surface area (Å²) in [5.74, 6) is -0.428. The molecule has 0 bridgehead atoms. The van der Waals surface area contributed by atoms with Gasteiger partial charge in [0, 0.05) is 19.4 Å². The van der Waals surface area contributed by atoms with Crippen LogP contribution in [0.25, 0.3) is 0 Å². The molecule has 0 heterocycles. The molecule has 0 amide bonds. The van der Waals surface area contributed by atoms with Crippen molar-refractivity contribution in [3.8, 4) is 0 Å². The molecule has 0 fully saturated rings. The maximum Gasteiger partial charge on any atom is 0.306 e. The van der Waals surface area contributed by atoms with E-state index in [2.05, 4.69) is 118 Å². The van der Waals surface area contributed by atoms with Crippen molar-refractivity contribution in [2.45, 2.75) is 232 Å². The molecule has 0 N–H and O–H groups in total. The van der Waals surface area contributed by atoms with Crippen LogP contribution in [0, 0.1) is 0 Å². The van der Waals surface area contributed by atoms with Gasteiger partial charge in [0.15, 0.2) is 6.10 Å². The molecule has 354 valence electrons. The summed E-state index contributed by atoms with van der Waals surface area (Å²) in [6.07, 6.45) is 69.9. The van der Waals surface area contributed by atoms with Crippen molar-refractivity contribution in [3.63, 3.8) is 0 Å². The number of hydrogen-bond donors (Lipinski definition) is 0. The van der Waals surface area contributed by atoms with Crippen molar-refractivity contribution >= 4 is 11.9 Å². The summed E-state index contributed by atoms with van der Waals surface area (Å²) in [6, 6.07) is 0. The minimum Gasteiger partial charge on any atom is -0.462 e. The molecule has 1 atom stereocenters. The van der Waals surface area contributed by atoms with E-state index >= 15 is 0 Å². The Labute approximate surface area is 383 Å². The first-order chi connectivity index (χ1) is 30.6. The van der Waals surface area contributed by atoms with E-state index in [1.54, 1.807) is 0 Å². The van der Waals surface area contributed by atoms with Gasteiger partial charge in [0.1, 0.15) is 6.61 Å². The molecule has 62 heavy (non-hydrogen) atoms. The van der Waals surface area contributed by atoms with Gasteiger partial charge in [0.2, 0.25) is 0 Å². The van der Waals surface area contributed by atoms with Crippen molar-refractivity contribution in [1.82, 2.24) is 0 Å². The molecule has 0 aliphatic rings. The van der Waals surface area contributed by atoms with Crippen LogP contribution >= 0.6 is 0 Å². The summed E-state index contributed by atoms with van der Waals surface area (Å²) >= 11 is 0. The lowest BCUT2D eigenvalue weighted by molar-refractivity contribution is -0.163. The van der Waals surface area contributed by atoms with Gasteiger partial charge in [-0.25, -0.2) is 0 Å². The van der Waals surface area contributed by atoms with E-state index in [-0.39, 0.29) is 25.2 Å². The number of hydrogen-bond acceptors (Lipinski definition) is 5. The Bertz CT molecular complexity index is 1200. The number of carbonyl (C=O) groups excluding carboxylic acids is 2. The summed E-state index contributed by atoms with van der Waals surface area (Å²) in [6.45, 7) is 7.53. The third kappa shape index (κ3) is 49.5. The molecule has 0 aromatic carbocycles. The van der Waals surface area contributed by atoms with Crippen LogP contribution in [0.3, 0.4) is 0 Å². The Morgan fingerprint density at radius 3 is 1.16 bits per heavy atom. The Balaban J connectivity index is 4.26. The number of carbonyl (C=O) groups is 2. The maximum absolute atomic E-state index is 12.7. The Hall–Kier alpha value is -3.18. The van der Waals surface area contributed by atoms with E-state index in [4.69, 9.17) is 14.2 Å². The summed E-state index contributed by atoms with van der Waals surface area (Å²) in [5, 5.41) is 0. The lowest BCUT2D eigenvalue weighted by Crippen LogP contribution is -2.30. The number of rotatable bonds is 46. The minimum absolute atomic E-state index is 0.0664. The molecule has 0 radical (unpaired) electrons. The van der Waals surface area contributed by atoms with Crippen molar-refractivity contribution in [2.75, 3.05) is 19.8 Å². The molecule has 0 saturated carbocycles. The normalized spacial score (nSPS) is 13.0. The average Bonchev–Trinajstić information content (AvgIpc) is 3.27. The third-order valence-electron chi connectivity index (χ3n) is 10.6. The zero-order chi connectivity index (χ0) is 44.9. The first-order valence-electron chi connectivity index (χ1n) is 25.8. The molecule has 0 aromatic heterocycles. The lowest BCUT2D eigenvalue weighted by Gasteiger charge is -2.18. The second-order valence-electron chi connectivity index (χ2n) is 16.7. The molecule has 0 aliphatic carbocycles. The molecule has 0 saturated heterocycles. The monoisotopic (exact) mass is 861 g/mol. The van der Waals surface area contributed by atoms with Crippen molar-refractivity contribution in [2.24, 2.45) is 0 Å². The van der Waals surface area contributed by atoms with Crippen LogP contribution in [0.5, 0.6) is 0 Å². The first kappa shape index (κ1) is 58.8. The lowest BCUT2D eigenvalue weighted by atomic mass is 10.1. The Morgan fingerprint density at radius 1 is 0.371 bits per heavy atom. The van der Waals surface area contributed by atoms with Crippen LogP contribution in [0.4, 0.5) is 0 Å². The van der Waals surface area contributed by atoms with Crippen LogP contribution in [0.15, 0.2) is 97.2 Å². The van der Waals surface area contributed by atoms with E-state index in [0.717, 1.165) is 109 Å². The summed E-state index contributed by atoms with van der Waals surface area (Å²) in [7, 11) is 0. The highest BCUT2D eigenvalue weighted by Gasteiger charge is 2.17. The van der Waals surface area contributed by atoms with E-state index in [1.165, 1.54) is 83.5 Å². The quantitative estimate of drug-likeness (QED) is 0.0347. The van der Waals surface area contributed by atoms with Gasteiger partial charge < -0.3 is 14.2 Å². The van der Waals surface area contributed by atoms with E-state index in [0.29, 0.717) is 19.4 Å². The molecule has 0 spiro atoms. The van der Waals surface area contributed by atoms with Gasteiger partial charge in [-0.15, -0.1) is 0 Å². The van der Waals surface area contributed by atoms with Crippen LogP contribution in [0.1, 0.15) is 226 Å². The number of esters is 2. The zero-order valence-electron chi connectivity index (χ0n) is 40.6. The highest BCUT2D eigenvalue weighted by atomic mass is 16.6. The molecular formula is C57H96O5. The predicted octanol–water partition coefficient (Wildman–Crippen LogP) is 17.5. The van der Waals surface area contributed by atoms with Crippen molar-refractivity contribution in [1.29, 1.82) is 0 Å². The van der Waals surface area contributed by atoms with Crippen molar-refractivity contribution in [3.05, 3.63) is 97.2 Å². The highest BCUT2D eigenvalue weighted by Crippen LogP contribution is 2.13. The highest BCUT2D eigenvalue weighted by molar-refractivity contribution is 5.70. The SMILES string of the molecule is CC/C=C\C/C=C\C/C=C\C/C=C\CCCCCCCCC(=O)OCC(COCCCCCCC/C=C\C/C=C\C/C=C\C/C=C\CC)OC(=O)CCCCCCCCCCC. The largest absolute Gasteiger partial charge is 0.462 e. The fourth-order valence-electron chi connectivity index (χ4n) is 6.84. The molecule has 5 nitrogen and oxygen atoms in total. The van der Waals surface area contributed by atoms with Gasteiger partial charge in [0.25, 0.3) is 0 Å². The van der Waals surface area contributed by atoms with Gasteiger partial charge >= 0.3 is 11.9 Å². The van der Waals surface area contributed by atoms with Gasteiger partial charge in [-0.1, -0.05) is 214 Å². The minimum atomic E-state index is -0.554. The molecule has 1 unspecified atom stereocenters. The van der Waals surface area contributed by atoms with Crippen LogP contribution in [0.2, 0.25) is 0 Å². The molecule has 0 aliphatic heterocycles. The molecule has 0 rings (SSSR count). The van der Waals surface area contributed by atoms with Gasteiger partial charge in [-0.05, 0) is 96.3 Å². The van der Waals surface area contributed by atoms with E-state index in [9.17, 15) is 9.59 Å². The number of ether oxygens (including phenoxy) is 3. The third-order valence-corrected chi connectivity index (χ3v) is 10.6. The summed E-state index contributed by atoms with van der Waals surface area (Å²) in [5.41, 5.74) is 0. The van der Waals surface area contributed by atoms with Crippen LogP contribution in [-0.4, -0.2) is 37.9 Å². The van der Waals surface area contributed by atoms with Gasteiger partial charge in [-0.3, -0.25) is 9.59 Å². The van der Waals surface area contributed by atoms with Crippen LogP contribution < -0.4 is 0 Å². The molecular weight excluding hydrogens is 765 g/mol. The molecule has 0 aromatic rings. The number of unbranched alkanes of at least 4 members (excludes halogenated alkanes) is 19. The summed E-state index contributed by atoms with van der Waals surface area (Å²) < 4.78 is 17.4. The van der Waals surface area contributed by atoms with Crippen LogP contribution in [-0.2, 0) is 23.8 Å². The zero-order valence-corrected chi connectivity index (χ0v) is 40.6. The smallest absolute Gasteiger partial charge is 0.306 e. The second-order valence-corrected chi connectivity index (χ2v) is 16.7. The first-order valence-corrected chi connectivity index (χ1v) is 25.8.